The molecule has 4 heteroatoms. The highest BCUT2D eigenvalue weighted by Crippen LogP contribution is 2.16. The van der Waals surface area contributed by atoms with Gasteiger partial charge in [-0.1, -0.05) is 31.0 Å². The van der Waals surface area contributed by atoms with Crippen LogP contribution in [0.5, 0.6) is 0 Å². The molecule has 0 aliphatic carbocycles. The van der Waals surface area contributed by atoms with Gasteiger partial charge in [0.05, 0.1) is 0 Å². The Kier molecular flexibility index (Phi) is 6.02. The van der Waals surface area contributed by atoms with Crippen molar-refractivity contribution in [2.45, 2.75) is 51.7 Å². The van der Waals surface area contributed by atoms with E-state index in [1.165, 1.54) is 16.7 Å². The first kappa shape index (κ1) is 15.0. The van der Waals surface area contributed by atoms with Crippen LogP contribution in [-0.2, 0) is 24.4 Å². The number of unbranched alkanes of at least 4 members (excludes halogenated alkanes) is 3. The van der Waals surface area contributed by atoms with Crippen molar-refractivity contribution in [1.29, 1.82) is 0 Å². The maximum absolute atomic E-state index is 11.7. The quantitative estimate of drug-likeness (QED) is 0.634. The number of rotatable bonds is 8. The summed E-state index contributed by atoms with van der Waals surface area (Å²) in [5, 5.41) is 6.33. The Morgan fingerprint density at radius 2 is 1.95 bits per heavy atom. The van der Waals surface area contributed by atoms with E-state index in [0.717, 1.165) is 45.3 Å². The van der Waals surface area contributed by atoms with E-state index in [4.69, 9.17) is 5.73 Å². The third-order valence-corrected chi connectivity index (χ3v) is 3.75. The van der Waals surface area contributed by atoms with E-state index >= 15 is 0 Å². The first-order chi connectivity index (χ1) is 9.79. The Hall–Kier alpha value is -1.39. The lowest BCUT2D eigenvalue weighted by atomic mass is 10.1. The summed E-state index contributed by atoms with van der Waals surface area (Å²) >= 11 is 0. The van der Waals surface area contributed by atoms with Crippen LogP contribution in [0.15, 0.2) is 18.2 Å². The SMILES string of the molecule is NCCCCCCC(=O)NCc1ccc2c(c1)CNC2. The van der Waals surface area contributed by atoms with Crippen LogP contribution >= 0.6 is 0 Å². The minimum Gasteiger partial charge on any atom is -0.352 e. The van der Waals surface area contributed by atoms with E-state index < -0.39 is 0 Å². The second-order valence-corrected chi connectivity index (χ2v) is 5.44. The van der Waals surface area contributed by atoms with Crippen LogP contribution in [0.4, 0.5) is 0 Å². The lowest BCUT2D eigenvalue weighted by Crippen LogP contribution is -2.22. The lowest BCUT2D eigenvalue weighted by molar-refractivity contribution is -0.121. The lowest BCUT2D eigenvalue weighted by Gasteiger charge is -2.07. The summed E-state index contributed by atoms with van der Waals surface area (Å²) in [7, 11) is 0. The Bertz CT molecular complexity index is 445. The van der Waals surface area contributed by atoms with Gasteiger partial charge in [0.25, 0.3) is 0 Å². The summed E-state index contributed by atoms with van der Waals surface area (Å²) in [6.45, 7) is 3.29. The zero-order chi connectivity index (χ0) is 14.2. The van der Waals surface area contributed by atoms with Crippen LogP contribution in [0, 0.1) is 0 Å². The van der Waals surface area contributed by atoms with Crippen LogP contribution in [0.25, 0.3) is 0 Å². The molecule has 110 valence electrons. The second-order valence-electron chi connectivity index (χ2n) is 5.44. The van der Waals surface area contributed by atoms with Crippen LogP contribution < -0.4 is 16.4 Å². The molecule has 0 fully saturated rings. The largest absolute Gasteiger partial charge is 0.352 e. The van der Waals surface area contributed by atoms with Crippen molar-refractivity contribution < 1.29 is 4.79 Å². The normalized spacial score (nSPS) is 13.2. The van der Waals surface area contributed by atoms with Crippen molar-refractivity contribution >= 4 is 5.91 Å². The van der Waals surface area contributed by atoms with Crippen LogP contribution in [0.3, 0.4) is 0 Å². The minimum atomic E-state index is 0.149. The van der Waals surface area contributed by atoms with Crippen molar-refractivity contribution in [2.24, 2.45) is 5.73 Å². The second kappa shape index (κ2) is 8.02. The molecule has 0 spiro atoms. The topological polar surface area (TPSA) is 67.2 Å². The molecule has 0 bridgehead atoms. The van der Waals surface area contributed by atoms with Crippen molar-refractivity contribution in [2.75, 3.05) is 6.54 Å². The summed E-state index contributed by atoms with van der Waals surface area (Å²) < 4.78 is 0. The molecule has 0 unspecified atom stereocenters. The Morgan fingerprint density at radius 1 is 1.15 bits per heavy atom. The first-order valence-electron chi connectivity index (χ1n) is 7.58. The minimum absolute atomic E-state index is 0.149. The van der Waals surface area contributed by atoms with Crippen LogP contribution in [0.2, 0.25) is 0 Å². The fourth-order valence-electron chi connectivity index (χ4n) is 2.53. The molecule has 0 aromatic heterocycles. The number of amides is 1. The molecule has 1 aromatic carbocycles. The highest BCUT2D eigenvalue weighted by molar-refractivity contribution is 5.75. The molecular formula is C16H25N3O. The van der Waals surface area contributed by atoms with Gasteiger partial charge < -0.3 is 16.4 Å². The van der Waals surface area contributed by atoms with Gasteiger partial charge in [0, 0.05) is 26.1 Å². The molecule has 2 rings (SSSR count). The van der Waals surface area contributed by atoms with Crippen molar-refractivity contribution in [1.82, 2.24) is 10.6 Å². The molecule has 1 aliphatic rings. The van der Waals surface area contributed by atoms with Crippen molar-refractivity contribution in [3.63, 3.8) is 0 Å². The average Bonchev–Trinajstić information content (AvgIpc) is 2.92. The van der Waals surface area contributed by atoms with Gasteiger partial charge in [-0.15, -0.1) is 0 Å². The third-order valence-electron chi connectivity index (χ3n) is 3.75. The number of carbonyl (C=O) groups excluding carboxylic acids is 1. The van der Waals surface area contributed by atoms with E-state index in [-0.39, 0.29) is 5.91 Å². The van der Waals surface area contributed by atoms with Crippen LogP contribution in [-0.4, -0.2) is 12.5 Å². The first-order valence-corrected chi connectivity index (χ1v) is 7.58. The summed E-state index contributed by atoms with van der Waals surface area (Å²) in [6, 6.07) is 6.45. The molecule has 20 heavy (non-hydrogen) atoms. The number of benzene rings is 1. The fraction of sp³-hybridized carbons (Fsp3) is 0.562. The summed E-state index contributed by atoms with van der Waals surface area (Å²) in [5.41, 5.74) is 9.36. The molecule has 0 atom stereocenters. The summed E-state index contributed by atoms with van der Waals surface area (Å²) in [5.74, 6) is 0.149. The maximum Gasteiger partial charge on any atom is 0.220 e. The molecule has 1 aliphatic heterocycles. The molecule has 1 amide bonds. The zero-order valence-corrected chi connectivity index (χ0v) is 12.1. The standard InChI is InChI=1S/C16H25N3O/c17-8-4-2-1-3-5-16(20)19-10-13-6-7-14-11-18-12-15(14)9-13/h6-7,9,18H,1-5,8,10-12,17H2,(H,19,20). The van der Waals surface area contributed by atoms with E-state index in [9.17, 15) is 4.79 Å². The van der Waals surface area contributed by atoms with Crippen LogP contribution in [0.1, 0.15) is 48.8 Å². The van der Waals surface area contributed by atoms with Gasteiger partial charge in [-0.3, -0.25) is 4.79 Å². The molecule has 0 saturated heterocycles. The monoisotopic (exact) mass is 275 g/mol. The number of nitrogens with two attached hydrogens (primary N) is 1. The Morgan fingerprint density at radius 3 is 2.80 bits per heavy atom. The van der Waals surface area contributed by atoms with Gasteiger partial charge in [-0.2, -0.15) is 0 Å². The summed E-state index contributed by atoms with van der Waals surface area (Å²) in [6.07, 6.45) is 4.86. The molecule has 4 N–H and O–H groups in total. The number of nitrogens with one attached hydrogen (secondary N) is 2. The number of carbonyl (C=O) groups is 1. The van der Waals surface area contributed by atoms with E-state index in [1.807, 2.05) is 0 Å². The fourth-order valence-corrected chi connectivity index (χ4v) is 2.53. The number of fused-ring (bicyclic) bond motifs is 1. The smallest absolute Gasteiger partial charge is 0.220 e. The molecule has 1 heterocycles. The van der Waals surface area contributed by atoms with E-state index in [2.05, 4.69) is 28.8 Å². The van der Waals surface area contributed by atoms with Crippen molar-refractivity contribution in [3.05, 3.63) is 34.9 Å². The van der Waals surface area contributed by atoms with Gasteiger partial charge in [0.15, 0.2) is 0 Å². The van der Waals surface area contributed by atoms with Gasteiger partial charge in [0.1, 0.15) is 0 Å². The van der Waals surface area contributed by atoms with Gasteiger partial charge >= 0.3 is 0 Å². The predicted molar refractivity (Wildman–Crippen MR) is 81.0 cm³/mol. The van der Waals surface area contributed by atoms with Gasteiger partial charge in [-0.25, -0.2) is 0 Å². The van der Waals surface area contributed by atoms with Gasteiger partial charge in [0.2, 0.25) is 5.91 Å². The number of hydrogen-bond donors (Lipinski definition) is 3. The Labute approximate surface area is 121 Å². The molecular weight excluding hydrogens is 250 g/mol. The average molecular weight is 275 g/mol. The highest BCUT2D eigenvalue weighted by atomic mass is 16.1. The maximum atomic E-state index is 11.7. The Balaban J connectivity index is 1.66. The molecule has 0 radical (unpaired) electrons. The summed E-state index contributed by atoms with van der Waals surface area (Å²) in [4.78, 5) is 11.7. The van der Waals surface area contributed by atoms with E-state index in [0.29, 0.717) is 13.0 Å². The molecule has 1 aromatic rings. The zero-order valence-electron chi connectivity index (χ0n) is 12.1. The van der Waals surface area contributed by atoms with E-state index in [1.54, 1.807) is 0 Å². The molecule has 0 saturated carbocycles. The van der Waals surface area contributed by atoms with Gasteiger partial charge in [-0.05, 0) is 36.1 Å². The highest BCUT2D eigenvalue weighted by Gasteiger charge is 2.10. The molecule has 4 nitrogen and oxygen atoms in total. The predicted octanol–water partition coefficient (Wildman–Crippen LogP) is 1.82. The van der Waals surface area contributed by atoms with Crippen molar-refractivity contribution in [3.8, 4) is 0 Å². The third kappa shape index (κ3) is 4.62. The number of hydrogen-bond acceptors (Lipinski definition) is 3.